The van der Waals surface area contributed by atoms with E-state index < -0.39 is 0 Å². The van der Waals surface area contributed by atoms with E-state index in [9.17, 15) is 0 Å². The summed E-state index contributed by atoms with van der Waals surface area (Å²) in [6.07, 6.45) is 3.37. The van der Waals surface area contributed by atoms with Crippen LogP contribution in [0.3, 0.4) is 0 Å². The highest BCUT2D eigenvalue weighted by atomic mass is 32.1. The van der Waals surface area contributed by atoms with Gasteiger partial charge in [0.1, 0.15) is 0 Å². The Morgan fingerprint density at radius 3 is 2.70 bits per heavy atom. The van der Waals surface area contributed by atoms with Crippen LogP contribution in [0.5, 0.6) is 0 Å². The zero-order valence-electron chi connectivity index (χ0n) is 13.7. The summed E-state index contributed by atoms with van der Waals surface area (Å²) in [5, 5.41) is 4.73. The minimum Gasteiger partial charge on any atom is -0.345 e. The van der Waals surface area contributed by atoms with Crippen molar-refractivity contribution < 1.29 is 0 Å². The summed E-state index contributed by atoms with van der Waals surface area (Å²) >= 11 is 1.84. The maximum Gasteiger partial charge on any atom is 0.185 e. The van der Waals surface area contributed by atoms with Gasteiger partial charge >= 0.3 is 0 Å². The molecule has 2 heterocycles. The third kappa shape index (κ3) is 3.95. The minimum atomic E-state index is 0.158. The Labute approximate surface area is 127 Å². The van der Waals surface area contributed by atoms with Crippen LogP contribution in [0.15, 0.2) is 6.20 Å². The van der Waals surface area contributed by atoms with Crippen molar-refractivity contribution in [1.82, 2.24) is 10.3 Å². The molecule has 4 heteroatoms. The quantitative estimate of drug-likeness (QED) is 0.916. The molecule has 0 aliphatic carbocycles. The number of nitrogens with zero attached hydrogens (tertiary/aromatic N) is 2. The lowest BCUT2D eigenvalue weighted by Crippen LogP contribution is -2.45. The molecule has 0 bridgehead atoms. The summed E-state index contributed by atoms with van der Waals surface area (Å²) in [7, 11) is 0. The summed E-state index contributed by atoms with van der Waals surface area (Å²) in [5.41, 5.74) is 0.158. The second-order valence-corrected chi connectivity index (χ2v) is 8.52. The van der Waals surface area contributed by atoms with Crippen LogP contribution in [0, 0.1) is 11.8 Å². The normalized spacial score (nSPS) is 27.9. The largest absolute Gasteiger partial charge is 0.345 e. The van der Waals surface area contributed by atoms with Crippen molar-refractivity contribution in [3.05, 3.63) is 11.1 Å². The highest BCUT2D eigenvalue weighted by Crippen LogP contribution is 2.33. The summed E-state index contributed by atoms with van der Waals surface area (Å²) < 4.78 is 0. The fraction of sp³-hybridized carbons (Fsp3) is 0.812. The predicted octanol–water partition coefficient (Wildman–Crippen LogP) is 3.90. The van der Waals surface area contributed by atoms with E-state index in [4.69, 9.17) is 0 Å². The first-order valence-corrected chi connectivity index (χ1v) is 8.54. The number of hydrogen-bond acceptors (Lipinski definition) is 4. The maximum absolute atomic E-state index is 4.66. The molecule has 1 aromatic heterocycles. The molecule has 0 amide bonds. The van der Waals surface area contributed by atoms with Crippen LogP contribution >= 0.6 is 11.3 Å². The van der Waals surface area contributed by atoms with Gasteiger partial charge in [0.05, 0.1) is 0 Å². The van der Waals surface area contributed by atoms with E-state index in [2.05, 4.69) is 56.7 Å². The number of nitrogens with one attached hydrogen (secondary N) is 1. The van der Waals surface area contributed by atoms with E-state index >= 15 is 0 Å². The molecule has 3 atom stereocenters. The fourth-order valence-corrected chi connectivity index (χ4v) is 3.78. The molecule has 1 aromatic rings. The van der Waals surface area contributed by atoms with Crippen molar-refractivity contribution in [2.24, 2.45) is 11.8 Å². The molecular formula is C16H29N3S. The lowest BCUT2D eigenvalue weighted by atomic mass is 9.86. The molecule has 1 aliphatic rings. The molecule has 1 aliphatic heterocycles. The SMILES string of the molecule is CC1CC(C)C(C)N(c2ncc(CNC(C)(C)C)s2)C1. The molecule has 1 fully saturated rings. The third-order valence-electron chi connectivity index (χ3n) is 4.18. The molecule has 1 N–H and O–H groups in total. The van der Waals surface area contributed by atoms with Crippen LogP contribution < -0.4 is 10.2 Å². The Balaban J connectivity index is 2.04. The van der Waals surface area contributed by atoms with Crippen molar-refractivity contribution in [2.75, 3.05) is 11.4 Å². The molecule has 0 aromatic carbocycles. The Hall–Kier alpha value is -0.610. The topological polar surface area (TPSA) is 28.2 Å². The van der Waals surface area contributed by atoms with Gasteiger partial charge in [0.25, 0.3) is 0 Å². The van der Waals surface area contributed by atoms with E-state index in [1.165, 1.54) is 16.4 Å². The monoisotopic (exact) mass is 295 g/mol. The van der Waals surface area contributed by atoms with Crippen molar-refractivity contribution in [2.45, 2.75) is 66.1 Å². The van der Waals surface area contributed by atoms with Crippen LogP contribution in [0.2, 0.25) is 0 Å². The van der Waals surface area contributed by atoms with Gasteiger partial charge in [-0.3, -0.25) is 0 Å². The van der Waals surface area contributed by atoms with Crippen molar-refractivity contribution in [3.8, 4) is 0 Å². The van der Waals surface area contributed by atoms with Gasteiger partial charge in [-0.1, -0.05) is 13.8 Å². The lowest BCUT2D eigenvalue weighted by Gasteiger charge is -2.41. The second-order valence-electron chi connectivity index (χ2n) is 7.42. The van der Waals surface area contributed by atoms with E-state index in [0.717, 1.165) is 24.9 Å². The molecule has 1 saturated heterocycles. The van der Waals surface area contributed by atoms with Crippen molar-refractivity contribution >= 4 is 16.5 Å². The van der Waals surface area contributed by atoms with Crippen LogP contribution in [0.1, 0.15) is 52.8 Å². The van der Waals surface area contributed by atoms with Crippen LogP contribution in [-0.2, 0) is 6.54 Å². The average Bonchev–Trinajstić information content (AvgIpc) is 2.79. The number of thiazole rings is 1. The second kappa shape index (κ2) is 6.02. The number of rotatable bonds is 3. The number of hydrogen-bond donors (Lipinski definition) is 1. The van der Waals surface area contributed by atoms with Crippen molar-refractivity contribution in [3.63, 3.8) is 0 Å². The van der Waals surface area contributed by atoms with Gasteiger partial charge in [-0.05, 0) is 46.0 Å². The highest BCUT2D eigenvalue weighted by molar-refractivity contribution is 7.15. The summed E-state index contributed by atoms with van der Waals surface area (Å²) in [6.45, 7) is 15.7. The molecule has 3 unspecified atom stereocenters. The first kappa shape index (κ1) is 15.8. The van der Waals surface area contributed by atoms with Crippen molar-refractivity contribution in [1.29, 1.82) is 0 Å². The van der Waals surface area contributed by atoms with Gasteiger partial charge in [0.2, 0.25) is 0 Å². The Bertz CT molecular complexity index is 435. The molecule has 20 heavy (non-hydrogen) atoms. The maximum atomic E-state index is 4.66. The van der Waals surface area contributed by atoms with E-state index in [0.29, 0.717) is 6.04 Å². The number of piperidine rings is 1. The predicted molar refractivity (Wildman–Crippen MR) is 88.5 cm³/mol. The molecule has 0 saturated carbocycles. The summed E-state index contributed by atoms with van der Waals surface area (Å²) in [4.78, 5) is 8.50. The van der Waals surface area contributed by atoms with Gasteiger partial charge in [0, 0.05) is 35.7 Å². The van der Waals surface area contributed by atoms with Crippen LogP contribution in [0.25, 0.3) is 0 Å². The molecule has 2 rings (SSSR count). The zero-order valence-corrected chi connectivity index (χ0v) is 14.5. The lowest BCUT2D eigenvalue weighted by molar-refractivity contribution is 0.297. The molecule has 0 spiro atoms. The van der Waals surface area contributed by atoms with Crippen LogP contribution in [0.4, 0.5) is 5.13 Å². The first-order valence-electron chi connectivity index (χ1n) is 7.72. The summed E-state index contributed by atoms with van der Waals surface area (Å²) in [5.74, 6) is 1.51. The third-order valence-corrected chi connectivity index (χ3v) is 5.21. The Morgan fingerprint density at radius 2 is 2.05 bits per heavy atom. The number of aromatic nitrogens is 1. The van der Waals surface area contributed by atoms with Gasteiger partial charge in [0.15, 0.2) is 5.13 Å². The highest BCUT2D eigenvalue weighted by Gasteiger charge is 2.30. The molecule has 114 valence electrons. The van der Waals surface area contributed by atoms with Gasteiger partial charge < -0.3 is 10.2 Å². The zero-order chi connectivity index (χ0) is 14.9. The number of anilines is 1. The smallest absolute Gasteiger partial charge is 0.185 e. The molecule has 0 radical (unpaired) electrons. The molecule has 3 nitrogen and oxygen atoms in total. The Morgan fingerprint density at radius 1 is 1.35 bits per heavy atom. The van der Waals surface area contributed by atoms with Gasteiger partial charge in [-0.2, -0.15) is 0 Å². The summed E-state index contributed by atoms with van der Waals surface area (Å²) in [6, 6.07) is 0.598. The van der Waals surface area contributed by atoms with E-state index in [1.54, 1.807) is 0 Å². The molecular weight excluding hydrogens is 266 g/mol. The van der Waals surface area contributed by atoms with E-state index in [1.807, 2.05) is 17.5 Å². The van der Waals surface area contributed by atoms with Gasteiger partial charge in [-0.25, -0.2) is 4.98 Å². The van der Waals surface area contributed by atoms with Gasteiger partial charge in [-0.15, -0.1) is 11.3 Å². The fourth-order valence-electron chi connectivity index (χ4n) is 2.83. The van der Waals surface area contributed by atoms with E-state index in [-0.39, 0.29) is 5.54 Å². The standard InChI is InChI=1S/C16H29N3S/c1-11-7-12(2)13(3)19(10-11)15-17-8-14(20-15)9-18-16(4,5)6/h8,11-13,18H,7,9-10H2,1-6H3. The minimum absolute atomic E-state index is 0.158. The van der Waals surface area contributed by atoms with Crippen LogP contribution in [-0.4, -0.2) is 23.1 Å². The average molecular weight is 295 g/mol. The Kier molecular flexibility index (Phi) is 4.75. The first-order chi connectivity index (χ1) is 9.26.